The third-order valence-corrected chi connectivity index (χ3v) is 4.34. The number of hydrogen-bond donors (Lipinski definition) is 1. The first-order valence-corrected chi connectivity index (χ1v) is 8.28. The molecule has 0 bridgehead atoms. The third kappa shape index (κ3) is 3.28. The topological polar surface area (TPSA) is 60.7 Å². The second kappa shape index (κ2) is 7.35. The van der Waals surface area contributed by atoms with Gasteiger partial charge in [-0.2, -0.15) is 0 Å². The molecule has 0 spiro atoms. The fourth-order valence-electron chi connectivity index (χ4n) is 3.05. The molecular formula is C21H21NO4. The van der Waals surface area contributed by atoms with Crippen LogP contribution in [0.5, 0.6) is 11.5 Å². The smallest absolute Gasteiger partial charge is 0.340 e. The summed E-state index contributed by atoms with van der Waals surface area (Å²) < 4.78 is 12.5. The number of nitrogens with zero attached hydrogens (tertiary/aromatic N) is 1. The number of esters is 1. The summed E-state index contributed by atoms with van der Waals surface area (Å²) in [5, 5.41) is 10.5. The zero-order valence-electron chi connectivity index (χ0n) is 14.9. The molecule has 1 N–H and O–H groups in total. The maximum atomic E-state index is 12.5. The Morgan fingerprint density at radius 1 is 1.23 bits per heavy atom. The van der Waals surface area contributed by atoms with Crippen LogP contribution in [0.15, 0.2) is 55.1 Å². The fraction of sp³-hybridized carbons (Fsp3) is 0.190. The number of ether oxygens (including phenoxy) is 2. The van der Waals surface area contributed by atoms with Crippen molar-refractivity contribution in [2.24, 2.45) is 0 Å². The summed E-state index contributed by atoms with van der Waals surface area (Å²) in [5.41, 5.74) is 3.19. The average Bonchev–Trinajstić information content (AvgIpc) is 2.91. The summed E-state index contributed by atoms with van der Waals surface area (Å²) in [6.45, 7) is 6.18. The molecule has 3 aromatic rings. The first kappa shape index (κ1) is 17.6. The SMILES string of the molecule is C=CCOC(=O)c1c(C)n(Cc2ccc(OC)cc2)c2ccc(O)cc12. The standard InChI is InChI=1S/C21H21NO4/c1-4-11-26-21(24)20-14(2)22(19-10-7-16(23)12-18(19)20)13-15-5-8-17(25-3)9-6-15/h4-10,12,23H,1,11,13H2,2-3H3. The maximum Gasteiger partial charge on any atom is 0.340 e. The Morgan fingerprint density at radius 2 is 1.96 bits per heavy atom. The van der Waals surface area contributed by atoms with Crippen LogP contribution in [-0.2, 0) is 11.3 Å². The zero-order chi connectivity index (χ0) is 18.7. The maximum absolute atomic E-state index is 12.5. The molecule has 0 saturated carbocycles. The van der Waals surface area contributed by atoms with Gasteiger partial charge in [-0.05, 0) is 42.8 Å². The highest BCUT2D eigenvalue weighted by Gasteiger charge is 2.21. The Bertz CT molecular complexity index is 954. The van der Waals surface area contributed by atoms with Gasteiger partial charge in [-0.3, -0.25) is 0 Å². The molecule has 5 nitrogen and oxygen atoms in total. The van der Waals surface area contributed by atoms with E-state index >= 15 is 0 Å². The van der Waals surface area contributed by atoms with Gasteiger partial charge in [-0.15, -0.1) is 0 Å². The van der Waals surface area contributed by atoms with Crippen molar-refractivity contribution in [2.45, 2.75) is 13.5 Å². The minimum absolute atomic E-state index is 0.108. The van der Waals surface area contributed by atoms with E-state index in [1.165, 1.54) is 6.08 Å². The summed E-state index contributed by atoms with van der Waals surface area (Å²) in [5.74, 6) is 0.477. The minimum Gasteiger partial charge on any atom is -0.508 e. The normalized spacial score (nSPS) is 10.7. The number of aromatic nitrogens is 1. The number of rotatable bonds is 6. The lowest BCUT2D eigenvalue weighted by Crippen LogP contribution is -2.08. The average molecular weight is 351 g/mol. The number of fused-ring (bicyclic) bond motifs is 1. The van der Waals surface area contributed by atoms with Crippen LogP contribution in [0.2, 0.25) is 0 Å². The Balaban J connectivity index is 2.08. The van der Waals surface area contributed by atoms with Gasteiger partial charge in [0.25, 0.3) is 0 Å². The van der Waals surface area contributed by atoms with Gasteiger partial charge in [0.05, 0.1) is 12.7 Å². The number of methoxy groups -OCH3 is 1. The first-order valence-electron chi connectivity index (χ1n) is 8.28. The molecule has 0 radical (unpaired) electrons. The van der Waals surface area contributed by atoms with Crippen molar-refractivity contribution in [1.82, 2.24) is 4.57 Å². The highest BCUT2D eigenvalue weighted by molar-refractivity contribution is 6.06. The second-order valence-electron chi connectivity index (χ2n) is 5.98. The highest BCUT2D eigenvalue weighted by Crippen LogP contribution is 2.30. The van der Waals surface area contributed by atoms with Crippen molar-refractivity contribution < 1.29 is 19.4 Å². The van der Waals surface area contributed by atoms with Crippen molar-refractivity contribution in [3.8, 4) is 11.5 Å². The first-order chi connectivity index (χ1) is 12.5. The van der Waals surface area contributed by atoms with E-state index in [0.717, 1.165) is 22.5 Å². The van der Waals surface area contributed by atoms with E-state index in [9.17, 15) is 9.90 Å². The number of benzene rings is 2. The zero-order valence-corrected chi connectivity index (χ0v) is 14.9. The van der Waals surface area contributed by atoms with Crippen LogP contribution in [0.3, 0.4) is 0 Å². The van der Waals surface area contributed by atoms with Gasteiger partial charge >= 0.3 is 5.97 Å². The number of carbonyl (C=O) groups excluding carboxylic acids is 1. The molecule has 1 aromatic heterocycles. The number of aromatic hydroxyl groups is 1. The molecule has 0 aliphatic carbocycles. The van der Waals surface area contributed by atoms with Crippen molar-refractivity contribution >= 4 is 16.9 Å². The molecular weight excluding hydrogens is 330 g/mol. The molecule has 1 heterocycles. The molecule has 0 aliphatic rings. The summed E-state index contributed by atoms with van der Waals surface area (Å²) in [6.07, 6.45) is 1.53. The van der Waals surface area contributed by atoms with Crippen LogP contribution >= 0.6 is 0 Å². The van der Waals surface area contributed by atoms with Gasteiger partial charge in [0.2, 0.25) is 0 Å². The summed E-state index contributed by atoms with van der Waals surface area (Å²) in [4.78, 5) is 12.5. The number of carbonyl (C=O) groups is 1. The molecule has 3 rings (SSSR count). The lowest BCUT2D eigenvalue weighted by Gasteiger charge is -2.10. The van der Waals surface area contributed by atoms with Gasteiger partial charge in [0.1, 0.15) is 18.1 Å². The summed E-state index contributed by atoms with van der Waals surface area (Å²) in [6, 6.07) is 12.8. The molecule has 0 amide bonds. The van der Waals surface area contributed by atoms with Crippen LogP contribution in [0, 0.1) is 6.92 Å². The largest absolute Gasteiger partial charge is 0.508 e. The van der Waals surface area contributed by atoms with Crippen LogP contribution in [0.4, 0.5) is 0 Å². The van der Waals surface area contributed by atoms with Gasteiger partial charge in [0.15, 0.2) is 0 Å². The van der Waals surface area contributed by atoms with Crippen molar-refractivity contribution in [2.75, 3.05) is 13.7 Å². The van der Waals surface area contributed by atoms with Crippen LogP contribution in [0.25, 0.3) is 10.9 Å². The van der Waals surface area contributed by atoms with Crippen molar-refractivity contribution in [1.29, 1.82) is 0 Å². The Morgan fingerprint density at radius 3 is 2.62 bits per heavy atom. The predicted molar refractivity (Wildman–Crippen MR) is 101 cm³/mol. The lowest BCUT2D eigenvalue weighted by atomic mass is 10.1. The molecule has 0 fully saturated rings. The van der Waals surface area contributed by atoms with E-state index in [1.807, 2.05) is 41.8 Å². The molecule has 134 valence electrons. The van der Waals surface area contributed by atoms with Crippen LogP contribution < -0.4 is 4.74 Å². The molecule has 2 aromatic carbocycles. The molecule has 0 atom stereocenters. The molecule has 0 aliphatic heterocycles. The van der Waals surface area contributed by atoms with E-state index in [4.69, 9.17) is 9.47 Å². The van der Waals surface area contributed by atoms with Gasteiger partial charge in [0, 0.05) is 23.1 Å². The minimum atomic E-state index is -0.425. The summed E-state index contributed by atoms with van der Waals surface area (Å²) >= 11 is 0. The number of hydrogen-bond acceptors (Lipinski definition) is 4. The van der Waals surface area contributed by atoms with Crippen molar-refractivity contribution in [3.05, 3.63) is 71.9 Å². The number of phenols is 1. The molecule has 0 unspecified atom stereocenters. The Hall–Kier alpha value is -3.21. The monoisotopic (exact) mass is 351 g/mol. The van der Waals surface area contributed by atoms with Crippen molar-refractivity contribution in [3.63, 3.8) is 0 Å². The molecule has 26 heavy (non-hydrogen) atoms. The van der Waals surface area contributed by atoms with E-state index < -0.39 is 5.97 Å². The summed E-state index contributed by atoms with van der Waals surface area (Å²) in [7, 11) is 1.63. The lowest BCUT2D eigenvalue weighted by molar-refractivity contribution is 0.0551. The second-order valence-corrected chi connectivity index (χ2v) is 5.98. The quantitative estimate of drug-likeness (QED) is 0.537. The fourth-order valence-corrected chi connectivity index (χ4v) is 3.05. The molecule has 5 heteroatoms. The third-order valence-electron chi connectivity index (χ3n) is 4.34. The van der Waals surface area contributed by atoms with Crippen LogP contribution in [0.1, 0.15) is 21.6 Å². The van der Waals surface area contributed by atoms with Gasteiger partial charge in [-0.1, -0.05) is 24.8 Å². The van der Waals surface area contributed by atoms with Gasteiger partial charge < -0.3 is 19.1 Å². The Labute approximate surface area is 152 Å². The predicted octanol–water partition coefficient (Wildman–Crippen LogP) is 4.06. The van der Waals surface area contributed by atoms with E-state index in [-0.39, 0.29) is 12.4 Å². The highest BCUT2D eigenvalue weighted by atomic mass is 16.5. The van der Waals surface area contributed by atoms with E-state index in [2.05, 4.69) is 6.58 Å². The van der Waals surface area contributed by atoms with E-state index in [0.29, 0.717) is 17.5 Å². The van der Waals surface area contributed by atoms with E-state index in [1.54, 1.807) is 19.2 Å². The Kier molecular flexibility index (Phi) is 4.98. The number of phenolic OH excluding ortho intramolecular Hbond substituents is 1. The molecule has 0 saturated heterocycles. The van der Waals surface area contributed by atoms with Gasteiger partial charge in [-0.25, -0.2) is 4.79 Å². The van der Waals surface area contributed by atoms with Crippen LogP contribution in [-0.4, -0.2) is 29.4 Å².